The Labute approximate surface area is 86.4 Å². The molecule has 0 aromatic heterocycles. The van der Waals surface area contributed by atoms with E-state index in [0.29, 0.717) is 17.6 Å². The maximum atomic E-state index is 11.6. The Morgan fingerprint density at radius 2 is 2.07 bits per heavy atom. The van der Waals surface area contributed by atoms with Crippen LogP contribution in [0, 0.1) is 11.8 Å². The van der Waals surface area contributed by atoms with Crippen molar-refractivity contribution >= 4 is 9.84 Å². The number of rotatable bonds is 2. The first-order valence-corrected chi connectivity index (χ1v) is 7.14. The van der Waals surface area contributed by atoms with Gasteiger partial charge in [0, 0.05) is 19.6 Å². The summed E-state index contributed by atoms with van der Waals surface area (Å²) in [6, 6.07) is 0. The minimum atomic E-state index is -2.73. The second-order valence-corrected chi connectivity index (χ2v) is 7.41. The van der Waals surface area contributed by atoms with Crippen LogP contribution in [0.25, 0.3) is 0 Å². The monoisotopic (exact) mass is 217 g/mol. The van der Waals surface area contributed by atoms with Crippen LogP contribution in [-0.2, 0) is 9.84 Å². The third kappa shape index (κ3) is 1.82. The van der Waals surface area contributed by atoms with Crippen LogP contribution in [0.5, 0.6) is 0 Å². The Morgan fingerprint density at radius 1 is 1.36 bits per heavy atom. The van der Waals surface area contributed by atoms with Crippen molar-refractivity contribution in [3.8, 4) is 0 Å². The highest BCUT2D eigenvalue weighted by Gasteiger charge is 2.45. The molecule has 2 heterocycles. The molecule has 3 nitrogen and oxygen atoms in total. The van der Waals surface area contributed by atoms with Crippen molar-refractivity contribution in [2.75, 3.05) is 25.4 Å². The van der Waals surface area contributed by atoms with E-state index in [1.165, 1.54) is 0 Å². The van der Waals surface area contributed by atoms with Crippen LogP contribution < -0.4 is 0 Å². The summed E-state index contributed by atoms with van der Waals surface area (Å²) in [5.41, 5.74) is 0. The number of sulfone groups is 1. The average Bonchev–Trinajstić information content (AvgIpc) is 2.53. The van der Waals surface area contributed by atoms with Crippen LogP contribution in [0.1, 0.15) is 20.3 Å². The number of likely N-dealkylation sites (tertiary alicyclic amines) is 1. The third-order valence-corrected chi connectivity index (χ3v) is 5.58. The van der Waals surface area contributed by atoms with Crippen LogP contribution in [0.2, 0.25) is 0 Å². The fourth-order valence-electron chi connectivity index (χ4n) is 2.74. The van der Waals surface area contributed by atoms with E-state index in [9.17, 15) is 8.42 Å². The fourth-order valence-corrected chi connectivity index (χ4v) is 4.92. The topological polar surface area (TPSA) is 37.4 Å². The standard InChI is InChI=1S/C10H19NO2S/c1-8(2)5-11-6-9-3-4-14(12,13)10(9)7-11/h8-10H,3-7H2,1-2H3/t9-,10+/m1/s1. The quantitative estimate of drug-likeness (QED) is 0.685. The molecule has 82 valence electrons. The molecule has 0 aromatic carbocycles. The van der Waals surface area contributed by atoms with Crippen LogP contribution in [-0.4, -0.2) is 44.0 Å². The predicted molar refractivity (Wildman–Crippen MR) is 57.0 cm³/mol. The molecule has 2 aliphatic rings. The molecule has 0 saturated carbocycles. The highest BCUT2D eigenvalue weighted by Crippen LogP contribution is 2.33. The molecule has 0 amide bonds. The van der Waals surface area contributed by atoms with Crippen LogP contribution in [0.15, 0.2) is 0 Å². The van der Waals surface area contributed by atoms with Gasteiger partial charge in [0.25, 0.3) is 0 Å². The van der Waals surface area contributed by atoms with Crippen molar-refractivity contribution in [2.24, 2.45) is 11.8 Å². The molecular formula is C10H19NO2S. The van der Waals surface area contributed by atoms with Gasteiger partial charge in [0.1, 0.15) is 0 Å². The summed E-state index contributed by atoms with van der Waals surface area (Å²) in [6.07, 6.45) is 0.890. The normalized spacial score (nSPS) is 36.5. The van der Waals surface area contributed by atoms with Gasteiger partial charge in [-0.15, -0.1) is 0 Å². The Kier molecular flexibility index (Phi) is 2.60. The number of hydrogen-bond donors (Lipinski definition) is 0. The first kappa shape index (κ1) is 10.4. The molecule has 2 aliphatic heterocycles. The van der Waals surface area contributed by atoms with Gasteiger partial charge in [-0.25, -0.2) is 8.42 Å². The van der Waals surface area contributed by atoms with E-state index in [-0.39, 0.29) is 5.25 Å². The van der Waals surface area contributed by atoms with Gasteiger partial charge in [-0.2, -0.15) is 0 Å². The van der Waals surface area contributed by atoms with Gasteiger partial charge < -0.3 is 4.90 Å². The van der Waals surface area contributed by atoms with Gasteiger partial charge in [0.05, 0.1) is 11.0 Å². The summed E-state index contributed by atoms with van der Waals surface area (Å²) in [5.74, 6) is 1.49. The maximum absolute atomic E-state index is 11.6. The van der Waals surface area contributed by atoms with E-state index in [1.54, 1.807) is 0 Å². The summed E-state index contributed by atoms with van der Waals surface area (Å²) in [4.78, 5) is 2.32. The molecule has 14 heavy (non-hydrogen) atoms. The second kappa shape index (κ2) is 3.49. The highest BCUT2D eigenvalue weighted by atomic mass is 32.2. The van der Waals surface area contributed by atoms with E-state index < -0.39 is 9.84 Å². The first-order valence-electron chi connectivity index (χ1n) is 5.43. The van der Waals surface area contributed by atoms with Crippen molar-refractivity contribution in [1.82, 2.24) is 4.90 Å². The number of fused-ring (bicyclic) bond motifs is 1. The molecule has 0 bridgehead atoms. The lowest BCUT2D eigenvalue weighted by atomic mass is 10.1. The summed E-state index contributed by atoms with van der Waals surface area (Å²) in [6.45, 7) is 7.20. The van der Waals surface area contributed by atoms with Crippen LogP contribution in [0.4, 0.5) is 0 Å². The zero-order valence-corrected chi connectivity index (χ0v) is 9.76. The predicted octanol–water partition coefficient (Wildman–Crippen LogP) is 0.761. The Bertz CT molecular complexity index is 310. The lowest BCUT2D eigenvalue weighted by Crippen LogP contribution is -2.29. The van der Waals surface area contributed by atoms with Crippen LogP contribution in [0.3, 0.4) is 0 Å². The number of hydrogen-bond acceptors (Lipinski definition) is 3. The zero-order chi connectivity index (χ0) is 10.3. The van der Waals surface area contributed by atoms with Gasteiger partial charge in [-0.3, -0.25) is 0 Å². The van der Waals surface area contributed by atoms with Crippen molar-refractivity contribution < 1.29 is 8.42 Å². The van der Waals surface area contributed by atoms with Gasteiger partial charge in [0.15, 0.2) is 9.84 Å². The van der Waals surface area contributed by atoms with Crippen LogP contribution >= 0.6 is 0 Å². The fraction of sp³-hybridized carbons (Fsp3) is 1.00. The van der Waals surface area contributed by atoms with Gasteiger partial charge in [-0.1, -0.05) is 13.8 Å². The molecule has 2 saturated heterocycles. The largest absolute Gasteiger partial charge is 0.301 e. The van der Waals surface area contributed by atoms with E-state index in [4.69, 9.17) is 0 Å². The van der Waals surface area contributed by atoms with Crippen molar-refractivity contribution in [2.45, 2.75) is 25.5 Å². The Morgan fingerprint density at radius 3 is 2.64 bits per heavy atom. The first-order chi connectivity index (χ1) is 6.49. The molecule has 2 atom stereocenters. The van der Waals surface area contributed by atoms with Crippen molar-refractivity contribution in [3.05, 3.63) is 0 Å². The molecular weight excluding hydrogens is 198 g/mol. The maximum Gasteiger partial charge on any atom is 0.154 e. The molecule has 0 N–H and O–H groups in total. The smallest absolute Gasteiger partial charge is 0.154 e. The van der Waals surface area contributed by atoms with Gasteiger partial charge in [-0.05, 0) is 18.3 Å². The summed E-state index contributed by atoms with van der Waals surface area (Å²) >= 11 is 0. The molecule has 0 aliphatic carbocycles. The molecule has 0 spiro atoms. The molecule has 0 radical (unpaired) electrons. The Balaban J connectivity index is 2.02. The minimum absolute atomic E-state index is 0.0405. The van der Waals surface area contributed by atoms with Crippen molar-refractivity contribution in [3.63, 3.8) is 0 Å². The highest BCUT2D eigenvalue weighted by molar-refractivity contribution is 7.92. The van der Waals surface area contributed by atoms with E-state index in [0.717, 1.165) is 26.1 Å². The van der Waals surface area contributed by atoms with E-state index in [2.05, 4.69) is 18.7 Å². The van der Waals surface area contributed by atoms with Gasteiger partial charge >= 0.3 is 0 Å². The van der Waals surface area contributed by atoms with E-state index >= 15 is 0 Å². The van der Waals surface area contributed by atoms with E-state index in [1.807, 2.05) is 0 Å². The lowest BCUT2D eigenvalue weighted by molar-refractivity contribution is 0.285. The third-order valence-electron chi connectivity index (χ3n) is 3.31. The van der Waals surface area contributed by atoms with Crippen molar-refractivity contribution in [1.29, 1.82) is 0 Å². The molecule has 4 heteroatoms. The average molecular weight is 217 g/mol. The summed E-state index contributed by atoms with van der Waals surface area (Å²) < 4.78 is 23.3. The SMILES string of the molecule is CC(C)CN1C[C@H]2CCS(=O)(=O)[C@H]2C1. The van der Waals surface area contributed by atoms with Gasteiger partial charge in [0.2, 0.25) is 0 Å². The molecule has 0 aromatic rings. The molecule has 2 fully saturated rings. The second-order valence-electron chi connectivity index (χ2n) is 5.07. The molecule has 2 rings (SSSR count). The number of nitrogens with zero attached hydrogens (tertiary/aromatic N) is 1. The Hall–Kier alpha value is -0.0900. The minimum Gasteiger partial charge on any atom is -0.301 e. The molecule has 0 unspecified atom stereocenters. The zero-order valence-electron chi connectivity index (χ0n) is 8.94. The lowest BCUT2D eigenvalue weighted by Gasteiger charge is -2.18. The summed E-state index contributed by atoms with van der Waals surface area (Å²) in [7, 11) is -2.73. The summed E-state index contributed by atoms with van der Waals surface area (Å²) in [5, 5.41) is -0.0405.